The number of carbonyl (C=O) groups is 1. The van der Waals surface area contributed by atoms with E-state index < -0.39 is 0 Å². The van der Waals surface area contributed by atoms with Gasteiger partial charge in [0.2, 0.25) is 5.91 Å². The Morgan fingerprint density at radius 2 is 1.71 bits per heavy atom. The predicted octanol–water partition coefficient (Wildman–Crippen LogP) is 5.03. The summed E-state index contributed by atoms with van der Waals surface area (Å²) in [6.45, 7) is 6.13. The molecular weight excluding hydrogens is 438 g/mol. The van der Waals surface area contributed by atoms with Crippen molar-refractivity contribution in [2.24, 2.45) is 0 Å². The van der Waals surface area contributed by atoms with E-state index in [1.807, 2.05) is 42.5 Å². The zero-order valence-electron chi connectivity index (χ0n) is 20.7. The van der Waals surface area contributed by atoms with E-state index in [1.54, 1.807) is 7.11 Å². The van der Waals surface area contributed by atoms with E-state index in [0.29, 0.717) is 26.0 Å². The standard InChI is InChI=1S/C29H33N3O3/c1-21-8-6-9-22(2)29(21)35-19-7-18-32-26-11-5-4-10-25(26)31-27(32)16-17-30-28(33)20-23-12-14-24(34-3)15-13-23/h4-6,8-15H,7,16-20H2,1-3H3,(H,30,33). The van der Waals surface area contributed by atoms with Crippen LogP contribution in [-0.4, -0.2) is 35.7 Å². The third-order valence-corrected chi connectivity index (χ3v) is 6.11. The fourth-order valence-electron chi connectivity index (χ4n) is 4.29. The van der Waals surface area contributed by atoms with Gasteiger partial charge in [0.05, 0.1) is 31.2 Å². The van der Waals surface area contributed by atoms with E-state index in [1.165, 1.54) is 0 Å². The number of nitrogens with zero attached hydrogens (tertiary/aromatic N) is 2. The number of hydrogen-bond donors (Lipinski definition) is 1. The van der Waals surface area contributed by atoms with Gasteiger partial charge in [-0.2, -0.15) is 0 Å². The van der Waals surface area contributed by atoms with Gasteiger partial charge in [0, 0.05) is 19.5 Å². The topological polar surface area (TPSA) is 65.4 Å². The van der Waals surface area contributed by atoms with Gasteiger partial charge in [0.1, 0.15) is 17.3 Å². The lowest BCUT2D eigenvalue weighted by molar-refractivity contribution is -0.120. The Labute approximate surface area is 206 Å². The fourth-order valence-corrected chi connectivity index (χ4v) is 4.29. The summed E-state index contributed by atoms with van der Waals surface area (Å²) in [5.74, 6) is 2.73. The zero-order chi connectivity index (χ0) is 24.6. The molecule has 0 unspecified atom stereocenters. The summed E-state index contributed by atoms with van der Waals surface area (Å²) in [4.78, 5) is 17.3. The number of amides is 1. The molecule has 0 saturated carbocycles. The first-order valence-electron chi connectivity index (χ1n) is 12.1. The molecule has 0 spiro atoms. The van der Waals surface area contributed by atoms with E-state index in [4.69, 9.17) is 14.5 Å². The SMILES string of the molecule is COc1ccc(CC(=O)NCCc2nc3ccccc3n2CCCOc2c(C)cccc2C)cc1. The minimum atomic E-state index is -0.000159. The number of carbonyl (C=O) groups excluding carboxylic acids is 1. The Hall–Kier alpha value is -3.80. The molecule has 6 heteroatoms. The minimum absolute atomic E-state index is 0.000159. The number of methoxy groups -OCH3 is 1. The summed E-state index contributed by atoms with van der Waals surface area (Å²) in [6.07, 6.45) is 1.88. The number of imidazole rings is 1. The summed E-state index contributed by atoms with van der Waals surface area (Å²) >= 11 is 0. The molecule has 1 amide bonds. The number of hydrogen-bond acceptors (Lipinski definition) is 4. The second-order valence-corrected chi connectivity index (χ2v) is 8.72. The molecule has 0 bridgehead atoms. The van der Waals surface area contributed by atoms with Crippen molar-refractivity contribution in [2.75, 3.05) is 20.3 Å². The van der Waals surface area contributed by atoms with E-state index in [9.17, 15) is 4.79 Å². The first-order chi connectivity index (χ1) is 17.0. The van der Waals surface area contributed by atoms with Crippen LogP contribution in [0.25, 0.3) is 11.0 Å². The predicted molar refractivity (Wildman–Crippen MR) is 139 cm³/mol. The van der Waals surface area contributed by atoms with Crippen LogP contribution in [0.3, 0.4) is 0 Å². The Balaban J connectivity index is 1.34. The van der Waals surface area contributed by atoms with Crippen molar-refractivity contribution < 1.29 is 14.3 Å². The molecule has 4 rings (SSSR count). The average Bonchev–Trinajstić information content (AvgIpc) is 3.21. The van der Waals surface area contributed by atoms with Crippen LogP contribution in [0.1, 0.15) is 28.9 Å². The van der Waals surface area contributed by atoms with Gasteiger partial charge in [0.15, 0.2) is 0 Å². The number of nitrogens with one attached hydrogen (secondary N) is 1. The van der Waals surface area contributed by atoms with Crippen LogP contribution in [0.5, 0.6) is 11.5 Å². The summed E-state index contributed by atoms with van der Waals surface area (Å²) in [5, 5.41) is 3.03. The molecule has 1 heterocycles. The fraction of sp³-hybridized carbons (Fsp3) is 0.310. The Bertz CT molecular complexity index is 1260. The van der Waals surface area contributed by atoms with Crippen LogP contribution < -0.4 is 14.8 Å². The van der Waals surface area contributed by atoms with Crippen molar-refractivity contribution >= 4 is 16.9 Å². The maximum absolute atomic E-state index is 12.4. The second kappa shape index (κ2) is 11.6. The molecule has 0 aliphatic heterocycles. The van der Waals surface area contributed by atoms with Gasteiger partial charge in [-0.25, -0.2) is 4.98 Å². The number of benzene rings is 3. The molecule has 1 aromatic heterocycles. The van der Waals surface area contributed by atoms with Gasteiger partial charge >= 0.3 is 0 Å². The van der Waals surface area contributed by atoms with Gasteiger partial charge in [-0.3, -0.25) is 4.79 Å². The van der Waals surface area contributed by atoms with Crippen LogP contribution in [0.4, 0.5) is 0 Å². The Kier molecular flexibility index (Phi) is 8.03. The van der Waals surface area contributed by atoms with Crippen LogP contribution in [0.15, 0.2) is 66.7 Å². The number of para-hydroxylation sites is 3. The molecule has 3 aromatic carbocycles. The molecule has 1 N–H and O–H groups in total. The number of aromatic nitrogens is 2. The van der Waals surface area contributed by atoms with Crippen molar-refractivity contribution in [3.8, 4) is 11.5 Å². The molecule has 35 heavy (non-hydrogen) atoms. The highest BCUT2D eigenvalue weighted by Gasteiger charge is 2.12. The third-order valence-electron chi connectivity index (χ3n) is 6.11. The average molecular weight is 472 g/mol. The summed E-state index contributed by atoms with van der Waals surface area (Å²) in [7, 11) is 1.63. The summed E-state index contributed by atoms with van der Waals surface area (Å²) in [6, 6.07) is 21.9. The number of aryl methyl sites for hydroxylation is 3. The number of ether oxygens (including phenoxy) is 2. The molecule has 0 aliphatic carbocycles. The lowest BCUT2D eigenvalue weighted by Crippen LogP contribution is -2.28. The molecule has 0 saturated heterocycles. The van der Waals surface area contributed by atoms with E-state index in [-0.39, 0.29) is 5.91 Å². The number of fused-ring (bicyclic) bond motifs is 1. The first-order valence-corrected chi connectivity index (χ1v) is 12.1. The molecule has 0 aliphatic rings. The highest BCUT2D eigenvalue weighted by Crippen LogP contribution is 2.23. The van der Waals surface area contributed by atoms with Gasteiger partial charge in [-0.15, -0.1) is 0 Å². The van der Waals surface area contributed by atoms with E-state index in [0.717, 1.165) is 58.0 Å². The van der Waals surface area contributed by atoms with Crippen LogP contribution in [-0.2, 0) is 24.2 Å². The van der Waals surface area contributed by atoms with Crippen LogP contribution in [0.2, 0.25) is 0 Å². The molecule has 6 nitrogen and oxygen atoms in total. The highest BCUT2D eigenvalue weighted by atomic mass is 16.5. The van der Waals surface area contributed by atoms with E-state index in [2.05, 4.69) is 48.0 Å². The zero-order valence-corrected chi connectivity index (χ0v) is 20.7. The second-order valence-electron chi connectivity index (χ2n) is 8.72. The maximum Gasteiger partial charge on any atom is 0.224 e. The summed E-state index contributed by atoms with van der Waals surface area (Å²) < 4.78 is 13.5. The van der Waals surface area contributed by atoms with Gasteiger partial charge in [-0.05, 0) is 61.2 Å². The van der Waals surface area contributed by atoms with Gasteiger partial charge in [0.25, 0.3) is 0 Å². The normalized spacial score (nSPS) is 10.9. The largest absolute Gasteiger partial charge is 0.497 e. The smallest absolute Gasteiger partial charge is 0.224 e. The molecule has 0 fully saturated rings. The van der Waals surface area contributed by atoms with Crippen molar-refractivity contribution in [2.45, 2.75) is 39.7 Å². The monoisotopic (exact) mass is 471 g/mol. The Morgan fingerprint density at radius 1 is 0.971 bits per heavy atom. The molecule has 0 radical (unpaired) electrons. The maximum atomic E-state index is 12.4. The first kappa shape index (κ1) is 24.3. The molecule has 0 atom stereocenters. The molecular formula is C29H33N3O3. The summed E-state index contributed by atoms with van der Waals surface area (Å²) in [5.41, 5.74) is 5.36. The molecule has 182 valence electrons. The van der Waals surface area contributed by atoms with Crippen molar-refractivity contribution in [3.63, 3.8) is 0 Å². The number of rotatable bonds is 11. The minimum Gasteiger partial charge on any atom is -0.497 e. The highest BCUT2D eigenvalue weighted by molar-refractivity contribution is 5.78. The van der Waals surface area contributed by atoms with Gasteiger partial charge < -0.3 is 19.4 Å². The lowest BCUT2D eigenvalue weighted by atomic mass is 10.1. The van der Waals surface area contributed by atoms with Crippen molar-refractivity contribution in [3.05, 3.63) is 89.2 Å². The lowest BCUT2D eigenvalue weighted by Gasteiger charge is -2.13. The van der Waals surface area contributed by atoms with Crippen LogP contribution in [0, 0.1) is 13.8 Å². The quantitative estimate of drug-likeness (QED) is 0.312. The van der Waals surface area contributed by atoms with Crippen molar-refractivity contribution in [1.29, 1.82) is 0 Å². The van der Waals surface area contributed by atoms with Crippen molar-refractivity contribution in [1.82, 2.24) is 14.9 Å². The third kappa shape index (κ3) is 6.21. The van der Waals surface area contributed by atoms with E-state index >= 15 is 0 Å². The van der Waals surface area contributed by atoms with Crippen LogP contribution >= 0.6 is 0 Å². The van der Waals surface area contributed by atoms with Gasteiger partial charge in [-0.1, -0.05) is 42.5 Å². The molecule has 4 aromatic rings. The Morgan fingerprint density at radius 3 is 2.46 bits per heavy atom.